The summed E-state index contributed by atoms with van der Waals surface area (Å²) in [5, 5.41) is 5.57. The minimum absolute atomic E-state index is 0.207. The van der Waals surface area contributed by atoms with Crippen molar-refractivity contribution in [3.63, 3.8) is 0 Å². The van der Waals surface area contributed by atoms with Crippen LogP contribution in [0.5, 0.6) is 0 Å². The number of fused-ring (bicyclic) bond motifs is 1. The Labute approximate surface area is 143 Å². The Hall–Kier alpha value is -2.74. The van der Waals surface area contributed by atoms with E-state index in [9.17, 15) is 9.59 Å². The summed E-state index contributed by atoms with van der Waals surface area (Å²) in [4.78, 5) is 27.3. The van der Waals surface area contributed by atoms with Crippen LogP contribution >= 0.6 is 11.8 Å². The summed E-state index contributed by atoms with van der Waals surface area (Å²) < 4.78 is 0. The summed E-state index contributed by atoms with van der Waals surface area (Å²) >= 11 is 1.29. The Morgan fingerprint density at radius 1 is 1.33 bits per heavy atom. The molecule has 1 atom stereocenters. The van der Waals surface area contributed by atoms with Gasteiger partial charge < -0.3 is 22.1 Å². The molecular weight excluding hydrogens is 326 g/mol. The summed E-state index contributed by atoms with van der Waals surface area (Å²) in [6, 6.07) is 9.69. The highest BCUT2D eigenvalue weighted by atomic mass is 32.2. The lowest BCUT2D eigenvalue weighted by Crippen LogP contribution is -2.40. The van der Waals surface area contributed by atoms with E-state index in [4.69, 9.17) is 11.5 Å². The van der Waals surface area contributed by atoms with Gasteiger partial charge in [-0.2, -0.15) is 0 Å². The lowest BCUT2D eigenvalue weighted by atomic mass is 9.99. The average Bonchev–Trinajstić information content (AvgIpc) is 2.89. The number of nitrogens with two attached hydrogens (primary N) is 2. The predicted molar refractivity (Wildman–Crippen MR) is 94.4 cm³/mol. The highest BCUT2D eigenvalue weighted by molar-refractivity contribution is 8.05. The summed E-state index contributed by atoms with van der Waals surface area (Å²) in [6.07, 6.45) is 1.77. The third kappa shape index (κ3) is 3.00. The molecule has 1 unspecified atom stereocenters. The second-order valence-corrected chi connectivity index (χ2v) is 6.96. The van der Waals surface area contributed by atoms with Gasteiger partial charge in [0.05, 0.1) is 17.1 Å². The van der Waals surface area contributed by atoms with Crippen molar-refractivity contribution in [3.8, 4) is 0 Å². The molecule has 2 heterocycles. The van der Waals surface area contributed by atoms with E-state index < -0.39 is 10.8 Å². The van der Waals surface area contributed by atoms with Crippen LogP contribution in [0, 0.1) is 0 Å². The molecule has 124 valence electrons. The zero-order valence-electron chi connectivity index (χ0n) is 13.0. The third-order valence-electron chi connectivity index (χ3n) is 3.65. The fraction of sp³-hybridized carbons (Fsp3) is 0.188. The van der Waals surface area contributed by atoms with Crippen molar-refractivity contribution < 1.29 is 9.59 Å². The van der Waals surface area contributed by atoms with E-state index in [1.54, 1.807) is 6.08 Å². The molecule has 2 aliphatic heterocycles. The van der Waals surface area contributed by atoms with Crippen LogP contribution in [0.15, 0.2) is 51.9 Å². The molecule has 8 heteroatoms. The predicted octanol–water partition coefficient (Wildman–Crippen LogP) is 0.264. The second kappa shape index (κ2) is 6.04. The number of benzene rings is 1. The second-order valence-electron chi connectivity index (χ2n) is 5.52. The molecule has 2 amide bonds. The maximum atomic E-state index is 12.2. The minimum Gasteiger partial charge on any atom is -0.370 e. The molecule has 0 saturated heterocycles. The third-order valence-corrected chi connectivity index (χ3v) is 4.88. The lowest BCUT2D eigenvalue weighted by Gasteiger charge is -2.29. The number of carbonyl (C=O) groups is 2. The first-order valence-electron chi connectivity index (χ1n) is 7.29. The highest BCUT2D eigenvalue weighted by Crippen LogP contribution is 2.49. The zero-order valence-corrected chi connectivity index (χ0v) is 13.8. The van der Waals surface area contributed by atoms with Crippen LogP contribution in [0.1, 0.15) is 12.5 Å². The van der Waals surface area contributed by atoms with Gasteiger partial charge in [0.2, 0.25) is 5.91 Å². The zero-order chi connectivity index (χ0) is 17.3. The Balaban J connectivity index is 1.99. The molecule has 6 N–H and O–H groups in total. The van der Waals surface area contributed by atoms with Crippen molar-refractivity contribution in [2.45, 2.75) is 11.8 Å². The Bertz CT molecular complexity index is 800. The van der Waals surface area contributed by atoms with E-state index in [0.29, 0.717) is 10.9 Å². The molecule has 0 saturated carbocycles. The standard InChI is InChI=1S/C16H17N5O2S/c1-16-10(7-11(24-16)14(23)19-8-12(17)22)13(20-15(18)21-16)9-5-3-2-4-6-9/h2-7H,8H2,1H3,(H2,17,22)(H,19,23)(H3,18,20,21). The first-order valence-corrected chi connectivity index (χ1v) is 8.10. The molecule has 0 radical (unpaired) electrons. The molecule has 3 rings (SSSR count). The molecule has 0 fully saturated rings. The number of nitrogens with one attached hydrogen (secondary N) is 2. The van der Waals surface area contributed by atoms with Gasteiger partial charge >= 0.3 is 0 Å². The summed E-state index contributed by atoms with van der Waals surface area (Å²) in [5.41, 5.74) is 13.6. The van der Waals surface area contributed by atoms with Crippen LogP contribution in [0.25, 0.3) is 5.70 Å². The van der Waals surface area contributed by atoms with Crippen LogP contribution in [0.2, 0.25) is 0 Å². The SMILES string of the molecule is CC12N=C(N)NC(c3ccccc3)=C1C=C(C(=O)NCC(N)=O)S2. The normalized spacial score (nSPS) is 22.2. The summed E-state index contributed by atoms with van der Waals surface area (Å²) in [5.74, 6) is -0.661. The average molecular weight is 343 g/mol. The molecule has 0 aliphatic carbocycles. The first kappa shape index (κ1) is 16.1. The smallest absolute Gasteiger partial charge is 0.258 e. The fourth-order valence-corrected chi connectivity index (χ4v) is 3.79. The van der Waals surface area contributed by atoms with Gasteiger partial charge in [-0.1, -0.05) is 42.1 Å². The highest BCUT2D eigenvalue weighted by Gasteiger charge is 2.42. The van der Waals surface area contributed by atoms with Crippen molar-refractivity contribution in [1.82, 2.24) is 10.6 Å². The quantitative estimate of drug-likeness (QED) is 0.625. The maximum absolute atomic E-state index is 12.2. The van der Waals surface area contributed by atoms with Gasteiger partial charge in [-0.15, -0.1) is 0 Å². The van der Waals surface area contributed by atoms with E-state index in [1.807, 2.05) is 37.3 Å². The van der Waals surface area contributed by atoms with Crippen molar-refractivity contribution in [1.29, 1.82) is 0 Å². The molecular formula is C16H17N5O2S. The summed E-state index contributed by atoms with van der Waals surface area (Å²) in [7, 11) is 0. The van der Waals surface area contributed by atoms with Crippen molar-refractivity contribution in [2.24, 2.45) is 16.5 Å². The number of hydrogen-bond donors (Lipinski definition) is 4. The van der Waals surface area contributed by atoms with Gasteiger partial charge in [0.15, 0.2) is 5.96 Å². The number of rotatable bonds is 4. The van der Waals surface area contributed by atoms with Crippen molar-refractivity contribution in [3.05, 3.63) is 52.4 Å². The minimum atomic E-state index is -0.695. The maximum Gasteiger partial charge on any atom is 0.258 e. The van der Waals surface area contributed by atoms with E-state index >= 15 is 0 Å². The first-order chi connectivity index (χ1) is 11.4. The molecule has 1 aromatic carbocycles. The molecule has 7 nitrogen and oxygen atoms in total. The Morgan fingerprint density at radius 2 is 2.04 bits per heavy atom. The molecule has 0 bridgehead atoms. The number of aliphatic imine (C=N–C) groups is 1. The van der Waals surface area contributed by atoms with E-state index in [1.165, 1.54) is 11.8 Å². The van der Waals surface area contributed by atoms with Gasteiger partial charge in [-0.05, 0) is 18.6 Å². The van der Waals surface area contributed by atoms with Crippen molar-refractivity contribution >= 4 is 35.2 Å². The number of guanidine groups is 1. The molecule has 2 aliphatic rings. The Kier molecular flexibility index (Phi) is 4.06. The lowest BCUT2D eigenvalue weighted by molar-refractivity contribution is -0.122. The number of hydrogen-bond acceptors (Lipinski definition) is 6. The number of carbonyl (C=O) groups excluding carboxylic acids is 2. The van der Waals surface area contributed by atoms with Gasteiger partial charge in [-0.3, -0.25) is 9.59 Å². The van der Waals surface area contributed by atoms with Crippen molar-refractivity contribution in [2.75, 3.05) is 6.54 Å². The number of primary amides is 1. The van der Waals surface area contributed by atoms with Crippen LogP contribution < -0.4 is 22.1 Å². The van der Waals surface area contributed by atoms with E-state index in [0.717, 1.165) is 16.8 Å². The van der Waals surface area contributed by atoms with Gasteiger partial charge in [0.1, 0.15) is 4.87 Å². The fourth-order valence-electron chi connectivity index (χ4n) is 2.60. The van der Waals surface area contributed by atoms with Crippen LogP contribution in [0.3, 0.4) is 0 Å². The number of amides is 2. The number of thioether (sulfide) groups is 1. The largest absolute Gasteiger partial charge is 0.370 e. The van der Waals surface area contributed by atoms with Crippen LogP contribution in [0.4, 0.5) is 0 Å². The molecule has 0 aromatic heterocycles. The molecule has 0 spiro atoms. The van der Waals surface area contributed by atoms with E-state index in [-0.39, 0.29) is 12.5 Å². The topological polar surface area (TPSA) is 123 Å². The monoisotopic (exact) mass is 343 g/mol. The van der Waals surface area contributed by atoms with Crippen LogP contribution in [-0.2, 0) is 9.59 Å². The van der Waals surface area contributed by atoms with Crippen LogP contribution in [-0.4, -0.2) is 29.2 Å². The summed E-state index contributed by atoms with van der Waals surface area (Å²) in [6.45, 7) is 1.69. The Morgan fingerprint density at radius 3 is 2.71 bits per heavy atom. The van der Waals surface area contributed by atoms with Gasteiger partial charge in [0, 0.05) is 5.57 Å². The van der Waals surface area contributed by atoms with E-state index in [2.05, 4.69) is 15.6 Å². The molecule has 24 heavy (non-hydrogen) atoms. The van der Waals surface area contributed by atoms with Gasteiger partial charge in [-0.25, -0.2) is 4.99 Å². The number of nitrogens with zero attached hydrogens (tertiary/aromatic N) is 1. The molecule has 1 aromatic rings. The van der Waals surface area contributed by atoms with Gasteiger partial charge in [0.25, 0.3) is 5.91 Å².